The molecule has 1 fully saturated rings. The third-order valence-corrected chi connectivity index (χ3v) is 3.96. The van der Waals surface area contributed by atoms with Crippen molar-refractivity contribution in [2.24, 2.45) is 0 Å². The van der Waals surface area contributed by atoms with Gasteiger partial charge in [-0.05, 0) is 30.1 Å². The van der Waals surface area contributed by atoms with Gasteiger partial charge in [-0.25, -0.2) is 19.6 Å². The first kappa shape index (κ1) is 12.5. The number of nitrogens with zero attached hydrogens (tertiary/aromatic N) is 5. The molecule has 0 aliphatic heterocycles. The van der Waals surface area contributed by atoms with Crippen molar-refractivity contribution in [1.29, 1.82) is 0 Å². The van der Waals surface area contributed by atoms with Crippen LogP contribution in [0, 0.1) is 6.92 Å². The minimum atomic E-state index is 0.397. The molecule has 4 rings (SSSR count). The van der Waals surface area contributed by atoms with Crippen LogP contribution in [0.2, 0.25) is 0 Å². The first-order chi connectivity index (χ1) is 10.3. The fraction of sp³-hybridized carbons (Fsp3) is 0.417. The van der Waals surface area contributed by atoms with E-state index in [1.807, 2.05) is 12.3 Å². The maximum absolute atomic E-state index is 4.67. The summed E-state index contributed by atoms with van der Waals surface area (Å²) in [6.45, 7) is 2.58. The van der Waals surface area contributed by atoms with E-state index in [1.54, 1.807) is 11.3 Å². The van der Waals surface area contributed by atoms with Crippen LogP contribution in [0.1, 0.15) is 23.5 Å². The lowest BCUT2D eigenvalue weighted by molar-refractivity contribution is 0.314. The van der Waals surface area contributed by atoms with E-state index in [-0.39, 0.29) is 0 Å². The Labute approximate surface area is 124 Å². The lowest BCUT2D eigenvalue weighted by Gasteiger charge is -2.10. The Kier molecular flexibility index (Phi) is 2.92. The highest BCUT2D eigenvalue weighted by atomic mass is 32.1. The SMILES string of the molecule is Cc1nc(CNc2nc3nonc3nc2NC2CC2)cs1. The first-order valence-corrected chi connectivity index (χ1v) is 7.57. The van der Waals surface area contributed by atoms with Crippen molar-refractivity contribution in [3.8, 4) is 0 Å². The fourth-order valence-corrected chi connectivity index (χ4v) is 2.56. The summed E-state index contributed by atoms with van der Waals surface area (Å²) in [5.41, 5.74) is 1.79. The highest BCUT2D eigenvalue weighted by Crippen LogP contribution is 2.28. The Morgan fingerprint density at radius 3 is 2.62 bits per heavy atom. The molecule has 0 unspecified atom stereocenters. The van der Waals surface area contributed by atoms with E-state index in [0.717, 1.165) is 23.5 Å². The van der Waals surface area contributed by atoms with E-state index in [2.05, 4.69) is 40.5 Å². The Bertz CT molecular complexity index is 779. The quantitative estimate of drug-likeness (QED) is 0.737. The molecule has 0 atom stereocenters. The molecule has 108 valence electrons. The van der Waals surface area contributed by atoms with Crippen LogP contribution < -0.4 is 10.6 Å². The van der Waals surface area contributed by atoms with Crippen LogP contribution in [-0.4, -0.2) is 31.3 Å². The molecule has 0 spiro atoms. The van der Waals surface area contributed by atoms with Crippen LogP contribution in [0.15, 0.2) is 10.0 Å². The Balaban J connectivity index is 1.61. The van der Waals surface area contributed by atoms with E-state index in [9.17, 15) is 0 Å². The molecular formula is C12H13N7OS. The molecule has 0 amide bonds. The molecule has 1 aliphatic rings. The summed E-state index contributed by atoms with van der Waals surface area (Å²) in [5.74, 6) is 1.34. The van der Waals surface area contributed by atoms with Gasteiger partial charge >= 0.3 is 0 Å². The average molecular weight is 303 g/mol. The van der Waals surface area contributed by atoms with Gasteiger partial charge < -0.3 is 10.6 Å². The molecule has 3 heterocycles. The van der Waals surface area contributed by atoms with E-state index >= 15 is 0 Å². The number of hydrogen-bond acceptors (Lipinski definition) is 9. The first-order valence-electron chi connectivity index (χ1n) is 6.69. The summed E-state index contributed by atoms with van der Waals surface area (Å²) in [4.78, 5) is 13.2. The standard InChI is InChI=1S/C12H13N7OS/c1-6-14-8(5-21-6)4-13-9-10(15-7-2-3-7)17-12-11(16-9)18-20-19-12/h5,7H,2-4H2,1H3,(H,13,16,18)(H,15,17,19). The van der Waals surface area contributed by atoms with Crippen molar-refractivity contribution in [3.63, 3.8) is 0 Å². The van der Waals surface area contributed by atoms with Gasteiger partial charge in [0.05, 0.1) is 17.2 Å². The van der Waals surface area contributed by atoms with Gasteiger partial charge in [-0.15, -0.1) is 11.3 Å². The Morgan fingerprint density at radius 1 is 1.19 bits per heavy atom. The molecule has 2 N–H and O–H groups in total. The molecule has 0 saturated heterocycles. The minimum absolute atomic E-state index is 0.397. The van der Waals surface area contributed by atoms with Crippen LogP contribution >= 0.6 is 11.3 Å². The highest BCUT2D eigenvalue weighted by Gasteiger charge is 2.24. The molecular weight excluding hydrogens is 290 g/mol. The minimum Gasteiger partial charge on any atom is -0.364 e. The summed E-state index contributed by atoms with van der Waals surface area (Å²) in [7, 11) is 0. The number of thiazole rings is 1. The molecule has 1 aliphatic carbocycles. The Hall–Kier alpha value is -2.29. The molecule has 3 aromatic heterocycles. The molecule has 0 aromatic carbocycles. The third kappa shape index (κ3) is 2.64. The monoisotopic (exact) mass is 303 g/mol. The number of rotatable bonds is 5. The third-order valence-electron chi connectivity index (χ3n) is 3.14. The van der Waals surface area contributed by atoms with Gasteiger partial charge in [-0.2, -0.15) is 0 Å². The molecule has 0 radical (unpaired) electrons. The van der Waals surface area contributed by atoms with Crippen molar-refractivity contribution in [3.05, 3.63) is 16.1 Å². The topological polar surface area (TPSA) is 102 Å². The predicted molar refractivity (Wildman–Crippen MR) is 78.2 cm³/mol. The van der Waals surface area contributed by atoms with Crippen LogP contribution in [0.3, 0.4) is 0 Å². The summed E-state index contributed by atoms with van der Waals surface area (Å²) < 4.78 is 4.67. The van der Waals surface area contributed by atoms with Crippen LogP contribution in [0.25, 0.3) is 11.3 Å². The van der Waals surface area contributed by atoms with Crippen LogP contribution in [0.4, 0.5) is 11.6 Å². The lowest BCUT2D eigenvalue weighted by atomic mass is 10.4. The normalized spacial score (nSPS) is 14.5. The Morgan fingerprint density at radius 2 is 1.95 bits per heavy atom. The van der Waals surface area contributed by atoms with E-state index < -0.39 is 0 Å². The number of anilines is 2. The fourth-order valence-electron chi connectivity index (χ4n) is 1.95. The van der Waals surface area contributed by atoms with E-state index in [0.29, 0.717) is 35.5 Å². The van der Waals surface area contributed by atoms with Crippen LogP contribution in [-0.2, 0) is 6.54 Å². The number of hydrogen-bond donors (Lipinski definition) is 2. The van der Waals surface area contributed by atoms with Gasteiger partial charge in [0.1, 0.15) is 0 Å². The number of aromatic nitrogens is 5. The maximum Gasteiger partial charge on any atom is 0.245 e. The van der Waals surface area contributed by atoms with Crippen molar-refractivity contribution >= 4 is 34.3 Å². The zero-order valence-electron chi connectivity index (χ0n) is 11.3. The van der Waals surface area contributed by atoms with Gasteiger partial charge in [0, 0.05) is 11.4 Å². The molecule has 1 saturated carbocycles. The summed E-state index contributed by atoms with van der Waals surface area (Å²) in [6, 6.07) is 0.471. The highest BCUT2D eigenvalue weighted by molar-refractivity contribution is 7.09. The molecule has 3 aromatic rings. The van der Waals surface area contributed by atoms with Crippen molar-refractivity contribution in [1.82, 2.24) is 25.3 Å². The van der Waals surface area contributed by atoms with Gasteiger partial charge in [-0.3, -0.25) is 0 Å². The summed E-state index contributed by atoms with van der Waals surface area (Å²) in [6.07, 6.45) is 2.31. The second kappa shape index (κ2) is 4.92. The van der Waals surface area contributed by atoms with Gasteiger partial charge in [-0.1, -0.05) is 0 Å². The molecule has 9 heteroatoms. The van der Waals surface area contributed by atoms with Gasteiger partial charge in [0.25, 0.3) is 0 Å². The van der Waals surface area contributed by atoms with Crippen molar-refractivity contribution in [2.45, 2.75) is 32.4 Å². The average Bonchev–Trinajstić information content (AvgIpc) is 3.00. The molecule has 8 nitrogen and oxygen atoms in total. The van der Waals surface area contributed by atoms with E-state index in [1.165, 1.54) is 0 Å². The summed E-state index contributed by atoms with van der Waals surface area (Å²) in [5, 5.41) is 17.1. The smallest absolute Gasteiger partial charge is 0.245 e. The van der Waals surface area contributed by atoms with E-state index in [4.69, 9.17) is 0 Å². The second-order valence-corrected chi connectivity index (χ2v) is 6.02. The second-order valence-electron chi connectivity index (χ2n) is 4.96. The van der Waals surface area contributed by atoms with Crippen molar-refractivity contribution < 1.29 is 4.63 Å². The lowest BCUT2D eigenvalue weighted by Crippen LogP contribution is -2.10. The zero-order valence-corrected chi connectivity index (χ0v) is 12.1. The van der Waals surface area contributed by atoms with Crippen molar-refractivity contribution in [2.75, 3.05) is 10.6 Å². The number of aryl methyl sites for hydroxylation is 1. The van der Waals surface area contributed by atoms with Crippen LogP contribution in [0.5, 0.6) is 0 Å². The van der Waals surface area contributed by atoms with Gasteiger partial charge in [0.2, 0.25) is 11.3 Å². The largest absolute Gasteiger partial charge is 0.364 e. The number of fused-ring (bicyclic) bond motifs is 1. The number of nitrogens with one attached hydrogen (secondary N) is 2. The molecule has 21 heavy (non-hydrogen) atoms. The predicted octanol–water partition coefficient (Wildman–Crippen LogP) is 1.96. The van der Waals surface area contributed by atoms with Gasteiger partial charge in [0.15, 0.2) is 11.6 Å². The summed E-state index contributed by atoms with van der Waals surface area (Å²) >= 11 is 1.63. The molecule has 0 bridgehead atoms. The zero-order chi connectivity index (χ0) is 14.2. The maximum atomic E-state index is 4.67.